The van der Waals surface area contributed by atoms with Crippen LogP contribution in [0.3, 0.4) is 0 Å². The molecule has 0 fully saturated rings. The van der Waals surface area contributed by atoms with Crippen molar-refractivity contribution < 1.29 is 0 Å². The molecular weight excluding hydrogens is 156 g/mol. The zero-order chi connectivity index (χ0) is 6.85. The Bertz CT molecular complexity index is 239. The van der Waals surface area contributed by atoms with E-state index in [1.54, 1.807) is 0 Å². The molecule has 0 saturated carbocycles. The summed E-state index contributed by atoms with van der Waals surface area (Å²) in [4.78, 5) is 15.9. The first kappa shape index (κ1) is 6.70. The Kier molecular flexibility index (Phi) is 1.82. The SMILES string of the molecule is CN(C)c1nc(=O)ss1. The van der Waals surface area contributed by atoms with E-state index in [-0.39, 0.29) is 4.87 Å². The molecule has 0 N–H and O–H groups in total. The average molecular weight is 162 g/mol. The van der Waals surface area contributed by atoms with Gasteiger partial charge in [-0.25, -0.2) is 0 Å². The van der Waals surface area contributed by atoms with Crippen LogP contribution in [0, 0.1) is 0 Å². The minimum absolute atomic E-state index is 0.108. The number of hydrogen-bond acceptors (Lipinski definition) is 5. The van der Waals surface area contributed by atoms with Gasteiger partial charge in [-0.05, 0) is 20.7 Å². The minimum Gasteiger partial charge on any atom is -0.353 e. The van der Waals surface area contributed by atoms with E-state index in [1.165, 1.54) is 20.7 Å². The van der Waals surface area contributed by atoms with Crippen LogP contribution in [0.1, 0.15) is 0 Å². The summed E-state index contributed by atoms with van der Waals surface area (Å²) in [6, 6.07) is 0. The summed E-state index contributed by atoms with van der Waals surface area (Å²) in [5.41, 5.74) is 0. The summed E-state index contributed by atoms with van der Waals surface area (Å²) in [7, 11) is 6.30. The van der Waals surface area contributed by atoms with Crippen molar-refractivity contribution in [2.45, 2.75) is 0 Å². The van der Waals surface area contributed by atoms with Gasteiger partial charge in [0.05, 0.1) is 0 Å². The second-order valence-electron chi connectivity index (χ2n) is 1.72. The van der Waals surface area contributed by atoms with Crippen molar-refractivity contribution in [1.29, 1.82) is 0 Å². The maximum Gasteiger partial charge on any atom is 0.338 e. The van der Waals surface area contributed by atoms with Crippen LogP contribution in [-0.2, 0) is 0 Å². The van der Waals surface area contributed by atoms with Gasteiger partial charge in [-0.15, -0.1) is 0 Å². The molecule has 9 heavy (non-hydrogen) atoms. The molecule has 0 spiro atoms. The monoisotopic (exact) mass is 162 g/mol. The zero-order valence-electron chi connectivity index (χ0n) is 5.12. The molecule has 50 valence electrons. The third-order valence-electron chi connectivity index (χ3n) is 0.757. The Balaban J connectivity index is 2.98. The van der Waals surface area contributed by atoms with Gasteiger partial charge in [0.15, 0.2) is 5.13 Å². The largest absolute Gasteiger partial charge is 0.353 e. The Morgan fingerprint density at radius 2 is 2.11 bits per heavy atom. The van der Waals surface area contributed by atoms with Crippen LogP contribution in [-0.4, -0.2) is 19.1 Å². The van der Waals surface area contributed by atoms with Gasteiger partial charge in [-0.2, -0.15) is 4.98 Å². The van der Waals surface area contributed by atoms with Crippen molar-refractivity contribution in [3.8, 4) is 0 Å². The normalized spacial score (nSPS) is 9.56. The van der Waals surface area contributed by atoms with Gasteiger partial charge in [0.2, 0.25) is 0 Å². The lowest BCUT2D eigenvalue weighted by Crippen LogP contribution is -2.09. The number of hydrogen-bond donors (Lipinski definition) is 0. The molecule has 0 aliphatic carbocycles. The quantitative estimate of drug-likeness (QED) is 0.568. The molecule has 1 rings (SSSR count). The molecule has 0 saturated heterocycles. The molecule has 0 aliphatic rings. The van der Waals surface area contributed by atoms with Gasteiger partial charge >= 0.3 is 4.87 Å². The Labute approximate surface area is 60.0 Å². The summed E-state index contributed by atoms with van der Waals surface area (Å²) in [5.74, 6) is 0. The van der Waals surface area contributed by atoms with Crippen LogP contribution in [0.15, 0.2) is 4.79 Å². The van der Waals surface area contributed by atoms with Gasteiger partial charge < -0.3 is 4.90 Å². The number of aromatic nitrogens is 1. The highest BCUT2D eigenvalue weighted by molar-refractivity contribution is 7.69. The smallest absolute Gasteiger partial charge is 0.338 e. The second kappa shape index (κ2) is 2.45. The summed E-state index contributed by atoms with van der Waals surface area (Å²) < 4.78 is 0. The summed E-state index contributed by atoms with van der Waals surface area (Å²) in [6.07, 6.45) is 0. The van der Waals surface area contributed by atoms with Crippen LogP contribution < -0.4 is 9.77 Å². The summed E-state index contributed by atoms with van der Waals surface area (Å²) in [6.45, 7) is 0. The molecule has 0 atom stereocenters. The Hall–Kier alpha value is -0.420. The fourth-order valence-corrected chi connectivity index (χ4v) is 2.07. The highest BCUT2D eigenvalue weighted by Gasteiger charge is 1.98. The predicted octanol–water partition coefficient (Wildman–Crippen LogP) is 0.631. The molecule has 0 unspecified atom stereocenters. The molecule has 3 nitrogen and oxygen atoms in total. The van der Waals surface area contributed by atoms with E-state index in [0.29, 0.717) is 0 Å². The van der Waals surface area contributed by atoms with Crippen molar-refractivity contribution in [3.05, 3.63) is 9.67 Å². The van der Waals surface area contributed by atoms with Crippen molar-refractivity contribution in [2.75, 3.05) is 19.0 Å². The van der Waals surface area contributed by atoms with E-state index in [2.05, 4.69) is 4.98 Å². The second-order valence-corrected chi connectivity index (χ2v) is 3.77. The van der Waals surface area contributed by atoms with Crippen LogP contribution in [0.2, 0.25) is 0 Å². The van der Waals surface area contributed by atoms with E-state index < -0.39 is 0 Å². The first-order valence-corrected chi connectivity index (χ1v) is 4.49. The molecule has 5 heteroatoms. The fraction of sp³-hybridized carbons (Fsp3) is 0.500. The Morgan fingerprint density at radius 1 is 1.44 bits per heavy atom. The number of anilines is 1. The first-order chi connectivity index (χ1) is 4.20. The molecule has 1 aromatic rings. The fourth-order valence-electron chi connectivity index (χ4n) is 0.363. The topological polar surface area (TPSA) is 33.2 Å². The minimum atomic E-state index is -0.108. The lowest BCUT2D eigenvalue weighted by Gasteiger charge is -2.03. The standard InChI is InChI=1S/C4H6N2OS2/c1-6(2)3-5-4(7)9-8-3/h1-2H3. The Morgan fingerprint density at radius 3 is 2.33 bits per heavy atom. The van der Waals surface area contributed by atoms with E-state index in [0.717, 1.165) is 5.13 Å². The van der Waals surface area contributed by atoms with Crippen LogP contribution in [0.25, 0.3) is 0 Å². The van der Waals surface area contributed by atoms with Crippen LogP contribution in [0.5, 0.6) is 0 Å². The first-order valence-electron chi connectivity index (χ1n) is 2.34. The highest BCUT2D eigenvalue weighted by Crippen LogP contribution is 2.14. The van der Waals surface area contributed by atoms with Crippen molar-refractivity contribution in [2.24, 2.45) is 0 Å². The summed E-state index contributed by atoms with van der Waals surface area (Å²) >= 11 is 0. The van der Waals surface area contributed by atoms with E-state index in [9.17, 15) is 4.79 Å². The van der Waals surface area contributed by atoms with E-state index in [1.807, 2.05) is 19.0 Å². The molecule has 0 radical (unpaired) electrons. The molecule has 0 amide bonds. The molecule has 1 heterocycles. The average Bonchev–Trinajstić information content (AvgIpc) is 2.14. The highest BCUT2D eigenvalue weighted by atomic mass is 32.9. The lowest BCUT2D eigenvalue weighted by atomic mass is 10.9. The molecule has 1 aromatic heterocycles. The van der Waals surface area contributed by atoms with Gasteiger partial charge in [0, 0.05) is 14.1 Å². The van der Waals surface area contributed by atoms with Crippen LogP contribution in [0.4, 0.5) is 5.13 Å². The van der Waals surface area contributed by atoms with Gasteiger partial charge in [-0.1, -0.05) is 0 Å². The van der Waals surface area contributed by atoms with Crippen molar-refractivity contribution in [3.63, 3.8) is 0 Å². The molecule has 0 bridgehead atoms. The maximum atomic E-state index is 10.5. The van der Waals surface area contributed by atoms with Gasteiger partial charge in [0.1, 0.15) is 0 Å². The molecule has 0 aromatic carbocycles. The van der Waals surface area contributed by atoms with E-state index >= 15 is 0 Å². The predicted molar refractivity (Wildman–Crippen MR) is 40.6 cm³/mol. The summed E-state index contributed by atoms with van der Waals surface area (Å²) in [5, 5.41) is 0.782. The number of rotatable bonds is 1. The van der Waals surface area contributed by atoms with Crippen molar-refractivity contribution in [1.82, 2.24) is 4.98 Å². The third kappa shape index (κ3) is 1.49. The van der Waals surface area contributed by atoms with Crippen LogP contribution >= 0.6 is 20.7 Å². The third-order valence-corrected chi connectivity index (χ3v) is 2.80. The van der Waals surface area contributed by atoms with Gasteiger partial charge in [-0.3, -0.25) is 4.79 Å². The molecule has 0 aliphatic heterocycles. The van der Waals surface area contributed by atoms with E-state index in [4.69, 9.17) is 0 Å². The number of nitrogens with zero attached hydrogens (tertiary/aromatic N) is 2. The zero-order valence-corrected chi connectivity index (χ0v) is 6.75. The molecular formula is C4H6N2OS2. The maximum absolute atomic E-state index is 10.5. The lowest BCUT2D eigenvalue weighted by molar-refractivity contribution is 1.10. The van der Waals surface area contributed by atoms with Gasteiger partial charge in [0.25, 0.3) is 0 Å². The van der Waals surface area contributed by atoms with Crippen molar-refractivity contribution >= 4 is 25.8 Å².